The second kappa shape index (κ2) is 15.1. The lowest BCUT2D eigenvalue weighted by atomic mass is 10.1. The first-order valence-electron chi connectivity index (χ1n) is 14.3. The molecule has 0 unspecified atom stereocenters. The summed E-state index contributed by atoms with van der Waals surface area (Å²) in [6.45, 7) is 0.867. The van der Waals surface area contributed by atoms with Gasteiger partial charge in [-0.1, -0.05) is 103 Å². The van der Waals surface area contributed by atoms with Gasteiger partial charge in [-0.2, -0.15) is 5.10 Å². The number of carbonyl (C=O) groups is 1. The SMILES string of the molecule is CN(C)c1ccc(/C=N\NC(=O)c2cc(OCc3ccccc3)c(OCc3ccccc3)c(OCc3ccccc3)c2)cc1. The molecule has 0 radical (unpaired) electrons. The molecule has 1 N–H and O–H groups in total. The summed E-state index contributed by atoms with van der Waals surface area (Å²) in [4.78, 5) is 15.4. The van der Waals surface area contributed by atoms with E-state index in [4.69, 9.17) is 14.2 Å². The van der Waals surface area contributed by atoms with Gasteiger partial charge in [0.15, 0.2) is 11.5 Å². The molecule has 0 aromatic heterocycles. The van der Waals surface area contributed by atoms with E-state index in [1.165, 1.54) is 0 Å². The predicted molar refractivity (Wildman–Crippen MR) is 175 cm³/mol. The summed E-state index contributed by atoms with van der Waals surface area (Å²) in [5, 5.41) is 4.19. The number of carbonyl (C=O) groups excluding carboxylic acids is 1. The minimum Gasteiger partial charge on any atom is -0.485 e. The number of amides is 1. The lowest BCUT2D eigenvalue weighted by Gasteiger charge is -2.19. The number of rotatable bonds is 13. The third-order valence-electron chi connectivity index (χ3n) is 6.77. The molecule has 0 saturated heterocycles. The number of ether oxygens (including phenoxy) is 3. The van der Waals surface area contributed by atoms with Gasteiger partial charge in [0, 0.05) is 25.3 Å². The lowest BCUT2D eigenvalue weighted by Crippen LogP contribution is -2.18. The molecule has 5 rings (SSSR count). The second-order valence-electron chi connectivity index (χ2n) is 10.3. The monoisotopic (exact) mass is 585 g/mol. The molecule has 0 aliphatic carbocycles. The Balaban J connectivity index is 1.43. The summed E-state index contributed by atoms with van der Waals surface area (Å²) in [5.74, 6) is 0.796. The fraction of sp³-hybridized carbons (Fsp3) is 0.135. The molecule has 7 nitrogen and oxygen atoms in total. The highest BCUT2D eigenvalue weighted by Gasteiger charge is 2.20. The van der Waals surface area contributed by atoms with Crippen LogP contribution in [0.15, 0.2) is 132 Å². The fourth-order valence-electron chi connectivity index (χ4n) is 4.35. The minimum atomic E-state index is -0.408. The van der Waals surface area contributed by atoms with Crippen LogP contribution in [-0.2, 0) is 19.8 Å². The van der Waals surface area contributed by atoms with Crippen LogP contribution in [0, 0.1) is 0 Å². The molecule has 0 bridgehead atoms. The highest BCUT2D eigenvalue weighted by Crippen LogP contribution is 2.40. The number of benzene rings is 5. The standard InChI is InChI=1S/C37H35N3O4/c1-40(2)33-20-18-28(19-21-33)24-38-39-37(41)32-22-34(42-25-29-12-6-3-7-13-29)36(44-27-31-16-10-5-11-17-31)35(23-32)43-26-30-14-8-4-9-15-30/h3-24H,25-27H2,1-2H3,(H,39,41)/b38-24-. The van der Waals surface area contributed by atoms with Gasteiger partial charge in [-0.15, -0.1) is 0 Å². The van der Waals surface area contributed by atoms with Gasteiger partial charge in [-0.05, 0) is 46.5 Å². The van der Waals surface area contributed by atoms with Crippen LogP contribution in [0.2, 0.25) is 0 Å². The van der Waals surface area contributed by atoms with Gasteiger partial charge in [0.25, 0.3) is 5.91 Å². The Hall–Kier alpha value is -5.56. The predicted octanol–water partition coefficient (Wildman–Crippen LogP) is 7.25. The van der Waals surface area contributed by atoms with Crippen molar-refractivity contribution in [3.63, 3.8) is 0 Å². The van der Waals surface area contributed by atoms with Crippen LogP contribution in [0.4, 0.5) is 5.69 Å². The number of nitrogens with zero attached hydrogens (tertiary/aromatic N) is 2. The highest BCUT2D eigenvalue weighted by atomic mass is 16.5. The van der Waals surface area contributed by atoms with Crippen molar-refractivity contribution in [1.29, 1.82) is 0 Å². The Morgan fingerprint density at radius 3 is 1.57 bits per heavy atom. The Labute approximate surface area is 258 Å². The van der Waals surface area contributed by atoms with Crippen molar-refractivity contribution in [2.45, 2.75) is 19.8 Å². The van der Waals surface area contributed by atoms with Crippen molar-refractivity contribution < 1.29 is 19.0 Å². The third kappa shape index (κ3) is 8.49. The summed E-state index contributed by atoms with van der Waals surface area (Å²) in [5.41, 5.74) is 7.84. The van der Waals surface area contributed by atoms with Gasteiger partial charge in [0.05, 0.1) is 6.21 Å². The summed E-state index contributed by atoms with van der Waals surface area (Å²) < 4.78 is 18.9. The average molecular weight is 586 g/mol. The normalized spacial score (nSPS) is 10.8. The smallest absolute Gasteiger partial charge is 0.271 e. The van der Waals surface area contributed by atoms with Crippen molar-refractivity contribution in [1.82, 2.24) is 5.43 Å². The van der Waals surface area contributed by atoms with Crippen LogP contribution < -0.4 is 24.5 Å². The zero-order chi connectivity index (χ0) is 30.6. The lowest BCUT2D eigenvalue weighted by molar-refractivity contribution is 0.0953. The van der Waals surface area contributed by atoms with E-state index >= 15 is 0 Å². The van der Waals surface area contributed by atoms with Crippen LogP contribution >= 0.6 is 0 Å². The van der Waals surface area contributed by atoms with Crippen molar-refractivity contribution in [3.05, 3.63) is 155 Å². The number of nitrogens with one attached hydrogen (secondary N) is 1. The molecule has 0 spiro atoms. The van der Waals surface area contributed by atoms with Gasteiger partial charge < -0.3 is 19.1 Å². The largest absolute Gasteiger partial charge is 0.485 e. The maximum atomic E-state index is 13.3. The van der Waals surface area contributed by atoms with Crippen molar-refractivity contribution in [2.24, 2.45) is 5.10 Å². The van der Waals surface area contributed by atoms with E-state index in [1.54, 1.807) is 18.3 Å². The van der Waals surface area contributed by atoms with E-state index < -0.39 is 5.91 Å². The van der Waals surface area contributed by atoms with E-state index in [0.29, 0.717) is 29.4 Å². The number of hydrazone groups is 1. The first kappa shape index (κ1) is 29.9. The van der Waals surface area contributed by atoms with Gasteiger partial charge in [0.1, 0.15) is 19.8 Å². The van der Waals surface area contributed by atoms with Gasteiger partial charge in [-0.3, -0.25) is 4.79 Å². The molecule has 5 aromatic carbocycles. The van der Waals surface area contributed by atoms with E-state index in [-0.39, 0.29) is 13.2 Å². The molecule has 0 aliphatic heterocycles. The molecular weight excluding hydrogens is 550 g/mol. The topological polar surface area (TPSA) is 72.4 Å². The second-order valence-corrected chi connectivity index (χ2v) is 10.3. The van der Waals surface area contributed by atoms with Crippen molar-refractivity contribution >= 4 is 17.8 Å². The van der Waals surface area contributed by atoms with Crippen molar-refractivity contribution in [2.75, 3.05) is 19.0 Å². The van der Waals surface area contributed by atoms with Crippen LogP contribution in [0.3, 0.4) is 0 Å². The molecule has 0 heterocycles. The average Bonchev–Trinajstić information content (AvgIpc) is 3.07. The third-order valence-corrected chi connectivity index (χ3v) is 6.77. The van der Waals surface area contributed by atoms with Gasteiger partial charge >= 0.3 is 0 Å². The number of hydrogen-bond donors (Lipinski definition) is 1. The molecule has 222 valence electrons. The maximum absolute atomic E-state index is 13.3. The zero-order valence-corrected chi connectivity index (χ0v) is 24.9. The first-order valence-corrected chi connectivity index (χ1v) is 14.3. The first-order chi connectivity index (χ1) is 21.5. The number of hydrogen-bond acceptors (Lipinski definition) is 6. The van der Waals surface area contributed by atoms with Crippen LogP contribution in [0.1, 0.15) is 32.6 Å². The molecule has 7 heteroatoms. The highest BCUT2D eigenvalue weighted by molar-refractivity contribution is 5.96. The Morgan fingerprint density at radius 2 is 1.11 bits per heavy atom. The van der Waals surface area contributed by atoms with E-state index in [0.717, 1.165) is 27.9 Å². The van der Waals surface area contributed by atoms with Gasteiger partial charge in [0.2, 0.25) is 5.75 Å². The zero-order valence-electron chi connectivity index (χ0n) is 24.9. The summed E-state index contributed by atoms with van der Waals surface area (Å²) in [6, 6.07) is 40.7. The quantitative estimate of drug-likeness (QED) is 0.116. The maximum Gasteiger partial charge on any atom is 0.271 e. The Bertz CT molecular complexity index is 1590. The molecule has 44 heavy (non-hydrogen) atoms. The molecule has 0 aliphatic rings. The Morgan fingerprint density at radius 1 is 0.659 bits per heavy atom. The van der Waals surface area contributed by atoms with Crippen LogP contribution in [-0.4, -0.2) is 26.2 Å². The molecule has 5 aromatic rings. The molecule has 1 amide bonds. The molecule has 0 atom stereocenters. The van der Waals surface area contributed by atoms with Crippen LogP contribution in [0.5, 0.6) is 17.2 Å². The Kier molecular flexibility index (Phi) is 10.2. The van der Waals surface area contributed by atoms with Crippen molar-refractivity contribution in [3.8, 4) is 17.2 Å². The molecule has 0 fully saturated rings. The van der Waals surface area contributed by atoms with E-state index in [2.05, 4.69) is 10.5 Å². The van der Waals surface area contributed by atoms with E-state index in [9.17, 15) is 4.79 Å². The fourth-order valence-corrected chi connectivity index (χ4v) is 4.35. The molecule has 0 saturated carbocycles. The van der Waals surface area contributed by atoms with Crippen LogP contribution in [0.25, 0.3) is 0 Å². The molecular formula is C37H35N3O4. The summed E-state index contributed by atoms with van der Waals surface area (Å²) in [7, 11) is 3.97. The van der Waals surface area contributed by atoms with E-state index in [1.807, 2.05) is 134 Å². The summed E-state index contributed by atoms with van der Waals surface area (Å²) in [6.07, 6.45) is 1.61. The van der Waals surface area contributed by atoms with Gasteiger partial charge in [-0.25, -0.2) is 5.43 Å². The summed E-state index contributed by atoms with van der Waals surface area (Å²) >= 11 is 0. The number of anilines is 1. The minimum absolute atomic E-state index is 0.285.